The summed E-state index contributed by atoms with van der Waals surface area (Å²) in [5.74, 6) is -0.0739. The van der Waals surface area contributed by atoms with Crippen molar-refractivity contribution in [2.45, 2.75) is 65.4 Å². The third-order valence-corrected chi connectivity index (χ3v) is 30.9. The first-order valence-corrected chi connectivity index (χ1v) is 20.4. The average molecular weight is 1230 g/mol. The van der Waals surface area contributed by atoms with Crippen LogP contribution >= 0.6 is 175 Å². The molecule has 38 heavy (non-hydrogen) atoms. The number of hydrogen-bond acceptors (Lipinski definition) is 0. The monoisotopic (exact) mass is 1220 g/mol. The lowest BCUT2D eigenvalue weighted by molar-refractivity contribution is 0.125. The second kappa shape index (κ2) is 10.6. The fourth-order valence-electron chi connectivity index (χ4n) is 6.96. The Morgan fingerprint density at radius 1 is 0.605 bits per heavy atom. The Morgan fingerprint density at radius 3 is 1.53 bits per heavy atom. The molecule has 0 bridgehead atoms. The van der Waals surface area contributed by atoms with Gasteiger partial charge in [-0.1, -0.05) is 264 Å². The van der Waals surface area contributed by atoms with Crippen LogP contribution < -0.4 is 0 Å². The van der Waals surface area contributed by atoms with Gasteiger partial charge in [0.1, 0.15) is 12.9 Å². The summed E-state index contributed by atoms with van der Waals surface area (Å²) in [4.78, 5) is 0. The van der Waals surface area contributed by atoms with Crippen LogP contribution in [-0.2, 0) is 10.8 Å². The van der Waals surface area contributed by atoms with Crippen LogP contribution in [0.25, 0.3) is 0 Å². The predicted molar refractivity (Wildman–Crippen MR) is 204 cm³/mol. The molecule has 0 aliphatic heterocycles. The minimum Gasteiger partial charge on any atom is -0.0813 e. The Labute approximate surface area is 318 Å². The molecule has 210 valence electrons. The van der Waals surface area contributed by atoms with Gasteiger partial charge in [-0.2, -0.15) is 0 Å². The van der Waals surface area contributed by atoms with Crippen LogP contribution in [0.5, 0.6) is 0 Å². The van der Waals surface area contributed by atoms with Gasteiger partial charge >= 0.3 is 0 Å². The Balaban J connectivity index is 2.14. The van der Waals surface area contributed by atoms with Gasteiger partial charge in [0.15, 0.2) is 0 Å². The van der Waals surface area contributed by atoms with Gasteiger partial charge in [0.2, 0.25) is 0 Å². The van der Waals surface area contributed by atoms with Gasteiger partial charge in [-0.25, -0.2) is 0 Å². The first-order chi connectivity index (χ1) is 17.0. The number of alkyl halides is 11. The smallest absolute Gasteiger partial charge is 0.0813 e. The molecule has 0 spiro atoms. The summed E-state index contributed by atoms with van der Waals surface area (Å²) < 4.78 is -4.17. The van der Waals surface area contributed by atoms with Crippen LogP contribution in [0.2, 0.25) is 0 Å². The molecule has 2 aromatic rings. The molecule has 4 unspecified atom stereocenters. The predicted octanol–water partition coefficient (Wildman–Crippen LogP) is 13.5. The van der Waals surface area contributed by atoms with Crippen molar-refractivity contribution in [1.29, 1.82) is 0 Å². The zero-order valence-electron chi connectivity index (χ0n) is 20.7. The highest BCUT2D eigenvalue weighted by molar-refractivity contribution is 9.34. The Bertz CT molecular complexity index is 1210. The van der Waals surface area contributed by atoms with E-state index in [-0.39, 0.29) is 16.7 Å². The zero-order valence-corrected chi connectivity index (χ0v) is 38.2. The van der Waals surface area contributed by atoms with Gasteiger partial charge in [-0.05, 0) is 23.0 Å². The number of hydrogen-bond donors (Lipinski definition) is 0. The van der Waals surface area contributed by atoms with E-state index >= 15 is 0 Å². The highest BCUT2D eigenvalue weighted by Gasteiger charge is 2.92. The number of halogens is 11. The third kappa shape index (κ3) is 4.23. The lowest BCUT2D eigenvalue weighted by atomic mass is 9.62. The van der Waals surface area contributed by atoms with Crippen molar-refractivity contribution in [3.63, 3.8) is 0 Å². The standard InChI is InChI=1S/C27H25Br11/c1-19(2,16-11-7-5-8-12-16)15-20(3)18-22(28,21(4,24(20,31)32)17-13-9-6-10-14-17)25(33,34)27(37,38)26(35,36)23(18,29)30/h5-14,18H,15H2,1-4H3. The van der Waals surface area contributed by atoms with E-state index in [1.54, 1.807) is 0 Å². The minimum absolute atomic E-state index is 0.0739. The van der Waals surface area contributed by atoms with Crippen molar-refractivity contribution < 1.29 is 0 Å². The van der Waals surface area contributed by atoms with Crippen molar-refractivity contribution in [2.75, 3.05) is 0 Å². The van der Waals surface area contributed by atoms with Crippen LogP contribution in [0.3, 0.4) is 0 Å². The van der Waals surface area contributed by atoms with Crippen molar-refractivity contribution in [3.8, 4) is 0 Å². The topological polar surface area (TPSA) is 0 Å². The van der Waals surface area contributed by atoms with Crippen molar-refractivity contribution >= 4 is 175 Å². The maximum absolute atomic E-state index is 4.51. The number of rotatable bonds is 4. The van der Waals surface area contributed by atoms with Gasteiger partial charge < -0.3 is 0 Å². The molecule has 11 heteroatoms. The Hall–Kier alpha value is 3.72. The summed E-state index contributed by atoms with van der Waals surface area (Å²) in [5, 5.41) is 0. The maximum atomic E-state index is 4.51. The SMILES string of the molecule is CC(C)(CC1(C)C2C(Br)(Br)C(Br)(Br)C(Br)(Br)C(Br)(Br)C2(Br)C(C)(c2ccccc2)C1(Br)Br)c1ccccc1. The second-order valence-electron chi connectivity index (χ2n) is 11.4. The van der Waals surface area contributed by atoms with Gasteiger partial charge in [0.05, 0.1) is 7.56 Å². The molecule has 2 aliphatic rings. The van der Waals surface area contributed by atoms with Gasteiger partial charge in [-0.15, -0.1) is 0 Å². The normalized spacial score (nSPS) is 36.4. The van der Waals surface area contributed by atoms with Gasteiger partial charge in [-0.3, -0.25) is 0 Å². The summed E-state index contributed by atoms with van der Waals surface area (Å²) in [6, 6.07) is 21.5. The molecule has 4 rings (SSSR count). The van der Waals surface area contributed by atoms with Crippen LogP contribution in [0.15, 0.2) is 60.7 Å². The lowest BCUT2D eigenvalue weighted by Gasteiger charge is -2.67. The largest absolute Gasteiger partial charge is 0.134 e. The van der Waals surface area contributed by atoms with E-state index in [9.17, 15) is 0 Å². The van der Waals surface area contributed by atoms with E-state index in [0.29, 0.717) is 0 Å². The highest BCUT2D eigenvalue weighted by Crippen LogP contribution is 2.89. The van der Waals surface area contributed by atoms with Crippen LogP contribution in [-0.4, -0.2) is 20.5 Å². The van der Waals surface area contributed by atoms with E-state index in [1.165, 1.54) is 11.1 Å². The van der Waals surface area contributed by atoms with Crippen LogP contribution in [0, 0.1) is 11.3 Å². The molecule has 0 saturated heterocycles. The summed E-state index contributed by atoms with van der Waals surface area (Å²) in [6.45, 7) is 9.42. The van der Waals surface area contributed by atoms with E-state index in [0.717, 1.165) is 6.42 Å². The van der Waals surface area contributed by atoms with E-state index in [4.69, 9.17) is 0 Å². The Morgan fingerprint density at radius 2 is 1.05 bits per heavy atom. The molecule has 2 aromatic carbocycles. The fourth-order valence-corrected chi connectivity index (χ4v) is 20.7. The third-order valence-electron chi connectivity index (χ3n) is 8.85. The van der Waals surface area contributed by atoms with Crippen molar-refractivity contribution in [2.24, 2.45) is 11.3 Å². The summed E-state index contributed by atoms with van der Waals surface area (Å²) in [6.07, 6.45) is 0.865. The molecule has 0 amide bonds. The zero-order chi connectivity index (χ0) is 29.0. The summed E-state index contributed by atoms with van der Waals surface area (Å²) in [5.41, 5.74) is 1.44. The second-order valence-corrected chi connectivity index (χ2v) is 30.0. The van der Waals surface area contributed by atoms with E-state index in [1.807, 2.05) is 0 Å². The van der Waals surface area contributed by atoms with E-state index < -0.39 is 25.9 Å². The number of benzene rings is 2. The molecule has 0 N–H and O–H groups in total. The molecule has 2 saturated carbocycles. The molecule has 4 atom stereocenters. The fraction of sp³-hybridized carbons (Fsp3) is 0.556. The quantitative estimate of drug-likeness (QED) is 0.268. The molecular weight excluding hydrogens is 1200 g/mol. The average Bonchev–Trinajstić information content (AvgIpc) is 2.93. The summed E-state index contributed by atoms with van der Waals surface area (Å²) in [7, 11) is 0. The highest BCUT2D eigenvalue weighted by atomic mass is 79.9. The van der Waals surface area contributed by atoms with E-state index in [2.05, 4.69) is 264 Å². The van der Waals surface area contributed by atoms with Crippen LogP contribution in [0.4, 0.5) is 0 Å². The van der Waals surface area contributed by atoms with Crippen molar-refractivity contribution in [3.05, 3.63) is 71.8 Å². The molecule has 0 aromatic heterocycles. The minimum atomic E-state index is -0.765. The van der Waals surface area contributed by atoms with Gasteiger partial charge in [0, 0.05) is 16.7 Å². The molecule has 2 fully saturated rings. The number of fused-ring (bicyclic) bond motifs is 1. The first-order valence-electron chi connectivity index (χ1n) is 11.7. The van der Waals surface area contributed by atoms with Crippen LogP contribution in [0.1, 0.15) is 45.2 Å². The maximum Gasteiger partial charge on any atom is 0.134 e. The lowest BCUT2D eigenvalue weighted by Crippen LogP contribution is -2.77. The molecule has 0 radical (unpaired) electrons. The molecule has 0 heterocycles. The summed E-state index contributed by atoms with van der Waals surface area (Å²) >= 11 is 46.6. The molecule has 0 nitrogen and oxygen atoms in total. The van der Waals surface area contributed by atoms with Crippen molar-refractivity contribution in [1.82, 2.24) is 0 Å². The Kier molecular flexibility index (Phi) is 9.68. The molecule has 2 aliphatic carbocycles. The first kappa shape index (κ1) is 34.6. The molecular formula is C27H25Br11. The van der Waals surface area contributed by atoms with Gasteiger partial charge in [0.25, 0.3) is 0 Å².